The summed E-state index contributed by atoms with van der Waals surface area (Å²) in [6.07, 6.45) is -10.3. The average molecular weight is 290 g/mol. The first kappa shape index (κ1) is 15.4. The molecule has 0 bridgehead atoms. The zero-order chi connectivity index (χ0) is 14.4. The first-order valence-corrected chi connectivity index (χ1v) is 4.67. The highest BCUT2D eigenvalue weighted by Crippen LogP contribution is 2.55. The van der Waals surface area contributed by atoms with Crippen LogP contribution >= 0.6 is 0 Å². The van der Waals surface area contributed by atoms with Crippen LogP contribution in [0.5, 0.6) is 0 Å². The number of rotatable bonds is 3. The smallest absolute Gasteiger partial charge is 0.372 e. The summed E-state index contributed by atoms with van der Waals surface area (Å²) < 4.78 is 116. The van der Waals surface area contributed by atoms with E-state index in [0.717, 1.165) is 0 Å². The molecule has 0 amide bonds. The van der Waals surface area contributed by atoms with Crippen LogP contribution in [0.3, 0.4) is 0 Å². The Hall–Kier alpha value is -0.670. The van der Waals surface area contributed by atoms with E-state index in [0.29, 0.717) is 0 Å². The lowest BCUT2D eigenvalue weighted by atomic mass is 9.97. The summed E-state index contributed by atoms with van der Waals surface area (Å²) in [4.78, 5) is 0. The van der Waals surface area contributed by atoms with Gasteiger partial charge in [0.2, 0.25) is 0 Å². The first-order chi connectivity index (χ1) is 7.86. The minimum atomic E-state index is -6.84. The van der Waals surface area contributed by atoms with E-state index < -0.39 is 43.1 Å². The van der Waals surface area contributed by atoms with Gasteiger partial charge >= 0.3 is 23.9 Å². The Kier molecular flexibility index (Phi) is 3.57. The third kappa shape index (κ3) is 2.04. The maximum Gasteiger partial charge on any atom is 0.460 e. The number of alkyl halides is 9. The van der Waals surface area contributed by atoms with Crippen LogP contribution in [0.4, 0.5) is 39.5 Å². The second kappa shape index (κ2) is 4.17. The number of halogens is 9. The second-order valence-corrected chi connectivity index (χ2v) is 3.77. The minimum Gasteiger partial charge on any atom is -0.372 e. The van der Waals surface area contributed by atoms with Crippen LogP contribution < -0.4 is 0 Å². The van der Waals surface area contributed by atoms with Crippen molar-refractivity contribution in [2.75, 3.05) is 6.61 Å². The van der Waals surface area contributed by atoms with Gasteiger partial charge in [0, 0.05) is 6.61 Å². The summed E-state index contributed by atoms with van der Waals surface area (Å²) in [6.45, 7) is -0.395. The van der Waals surface area contributed by atoms with E-state index in [1.165, 1.54) is 0 Å². The molecule has 18 heavy (non-hydrogen) atoms. The predicted octanol–water partition coefficient (Wildman–Crippen LogP) is 3.63. The van der Waals surface area contributed by atoms with E-state index >= 15 is 0 Å². The fraction of sp³-hybridized carbons (Fsp3) is 1.00. The van der Waals surface area contributed by atoms with Crippen molar-refractivity contribution in [3.63, 3.8) is 0 Å². The zero-order valence-electron chi connectivity index (χ0n) is 8.51. The normalized spacial score (nSPS) is 23.5. The Bertz CT molecular complexity index is 302. The van der Waals surface area contributed by atoms with Crippen LogP contribution in [0.1, 0.15) is 12.8 Å². The standard InChI is InChI=1S/C8H7F9O/c9-5(10,4-2-1-3-18-4)6(11,12)7(13,14)8(15,16)17/h4H,1-3H2. The summed E-state index contributed by atoms with van der Waals surface area (Å²) >= 11 is 0. The molecule has 1 aliphatic rings. The van der Waals surface area contributed by atoms with Crippen molar-refractivity contribution in [1.29, 1.82) is 0 Å². The number of hydrogen-bond donors (Lipinski definition) is 0. The molecule has 1 rings (SSSR count). The molecule has 1 atom stereocenters. The van der Waals surface area contributed by atoms with Crippen LogP contribution in [0.2, 0.25) is 0 Å². The monoisotopic (exact) mass is 290 g/mol. The van der Waals surface area contributed by atoms with Crippen molar-refractivity contribution in [1.82, 2.24) is 0 Å². The Morgan fingerprint density at radius 2 is 1.28 bits per heavy atom. The largest absolute Gasteiger partial charge is 0.460 e. The molecule has 1 heterocycles. The lowest BCUT2D eigenvalue weighted by Crippen LogP contribution is -2.64. The molecular weight excluding hydrogens is 283 g/mol. The highest BCUT2D eigenvalue weighted by atomic mass is 19.4. The fourth-order valence-corrected chi connectivity index (χ4v) is 1.45. The molecule has 1 unspecified atom stereocenters. The third-order valence-electron chi connectivity index (χ3n) is 2.50. The van der Waals surface area contributed by atoms with E-state index in [4.69, 9.17) is 0 Å². The Morgan fingerprint density at radius 3 is 1.61 bits per heavy atom. The van der Waals surface area contributed by atoms with Crippen LogP contribution in [0.15, 0.2) is 0 Å². The van der Waals surface area contributed by atoms with Crippen molar-refractivity contribution in [2.45, 2.75) is 42.9 Å². The molecule has 0 saturated carbocycles. The molecule has 0 aromatic heterocycles. The van der Waals surface area contributed by atoms with Gasteiger partial charge in [-0.2, -0.15) is 39.5 Å². The van der Waals surface area contributed by atoms with E-state index in [-0.39, 0.29) is 6.42 Å². The van der Waals surface area contributed by atoms with Crippen molar-refractivity contribution in [2.24, 2.45) is 0 Å². The van der Waals surface area contributed by atoms with Crippen molar-refractivity contribution >= 4 is 0 Å². The van der Waals surface area contributed by atoms with Crippen LogP contribution in [0, 0.1) is 0 Å². The summed E-state index contributed by atoms with van der Waals surface area (Å²) in [5.41, 5.74) is 0. The fourth-order valence-electron chi connectivity index (χ4n) is 1.45. The lowest BCUT2D eigenvalue weighted by molar-refractivity contribution is -0.405. The van der Waals surface area contributed by atoms with Gasteiger partial charge in [0.15, 0.2) is 0 Å². The molecule has 10 heteroatoms. The van der Waals surface area contributed by atoms with Gasteiger partial charge in [-0.15, -0.1) is 0 Å². The molecule has 0 aromatic carbocycles. The van der Waals surface area contributed by atoms with Crippen molar-refractivity contribution < 1.29 is 44.3 Å². The van der Waals surface area contributed by atoms with E-state index in [9.17, 15) is 39.5 Å². The summed E-state index contributed by atoms with van der Waals surface area (Å²) in [6, 6.07) is 0. The van der Waals surface area contributed by atoms with Gasteiger partial charge in [-0.1, -0.05) is 0 Å². The molecule has 0 radical (unpaired) electrons. The Morgan fingerprint density at radius 1 is 0.778 bits per heavy atom. The third-order valence-corrected chi connectivity index (χ3v) is 2.50. The average Bonchev–Trinajstić information content (AvgIpc) is 2.68. The SMILES string of the molecule is FC(F)(F)C(F)(F)C(F)(F)C(F)(F)C1CCCO1. The van der Waals surface area contributed by atoms with E-state index in [2.05, 4.69) is 4.74 Å². The molecule has 0 N–H and O–H groups in total. The zero-order valence-corrected chi connectivity index (χ0v) is 8.51. The van der Waals surface area contributed by atoms with Crippen LogP contribution in [0.25, 0.3) is 0 Å². The van der Waals surface area contributed by atoms with Gasteiger partial charge in [-0.05, 0) is 12.8 Å². The van der Waals surface area contributed by atoms with Crippen molar-refractivity contribution in [3.8, 4) is 0 Å². The second-order valence-electron chi connectivity index (χ2n) is 3.77. The van der Waals surface area contributed by atoms with Gasteiger partial charge in [0.1, 0.15) is 6.10 Å². The van der Waals surface area contributed by atoms with E-state index in [1.807, 2.05) is 0 Å². The van der Waals surface area contributed by atoms with Gasteiger partial charge in [0.25, 0.3) is 0 Å². The maximum absolute atomic E-state index is 13.1. The summed E-state index contributed by atoms with van der Waals surface area (Å²) in [5.74, 6) is -19.0. The molecule has 1 nitrogen and oxygen atoms in total. The minimum absolute atomic E-state index is 0.117. The lowest BCUT2D eigenvalue weighted by Gasteiger charge is -2.35. The maximum atomic E-state index is 13.1. The summed E-state index contributed by atoms with van der Waals surface area (Å²) in [5, 5.41) is 0. The number of ether oxygens (including phenoxy) is 1. The molecule has 1 saturated heterocycles. The van der Waals surface area contributed by atoms with Gasteiger partial charge in [-0.25, -0.2) is 0 Å². The molecule has 1 fully saturated rings. The summed E-state index contributed by atoms with van der Waals surface area (Å²) in [7, 11) is 0. The molecule has 0 aromatic rings. The molecule has 0 aliphatic carbocycles. The first-order valence-electron chi connectivity index (χ1n) is 4.67. The Labute approximate surface area is 94.9 Å². The molecule has 1 aliphatic heterocycles. The molecule has 0 spiro atoms. The Balaban J connectivity index is 3.11. The topological polar surface area (TPSA) is 9.23 Å². The molecular formula is C8H7F9O. The van der Waals surface area contributed by atoms with Gasteiger partial charge < -0.3 is 4.74 Å². The van der Waals surface area contributed by atoms with Crippen molar-refractivity contribution in [3.05, 3.63) is 0 Å². The van der Waals surface area contributed by atoms with Gasteiger partial charge in [-0.3, -0.25) is 0 Å². The highest BCUT2D eigenvalue weighted by Gasteiger charge is 2.83. The number of hydrogen-bond acceptors (Lipinski definition) is 1. The van der Waals surface area contributed by atoms with Gasteiger partial charge in [0.05, 0.1) is 0 Å². The predicted molar refractivity (Wildman–Crippen MR) is 39.9 cm³/mol. The highest BCUT2D eigenvalue weighted by molar-refractivity contribution is 5.04. The van der Waals surface area contributed by atoms with E-state index in [1.54, 1.807) is 0 Å². The quantitative estimate of drug-likeness (QED) is 0.721. The van der Waals surface area contributed by atoms with Crippen LogP contribution in [-0.4, -0.2) is 36.7 Å². The van der Waals surface area contributed by atoms with Crippen LogP contribution in [-0.2, 0) is 4.74 Å². The molecule has 108 valence electrons.